The van der Waals surface area contributed by atoms with Gasteiger partial charge in [-0.2, -0.15) is 0 Å². The third kappa shape index (κ3) is 11.7. The second-order valence-corrected chi connectivity index (χ2v) is 33.6. The molecule has 15 nitrogen and oxygen atoms in total. The Balaban J connectivity index is 1.53. The van der Waals surface area contributed by atoms with Gasteiger partial charge in [-0.05, 0) is 118 Å². The molecule has 3 aromatic carbocycles. The number of aliphatic hydroxyl groups is 1. The molecule has 11 atom stereocenters. The number of hydrogen-bond donors (Lipinski definition) is 2. The zero-order chi connectivity index (χ0) is 58.8. The van der Waals surface area contributed by atoms with Crippen molar-refractivity contribution in [1.29, 1.82) is 0 Å². The van der Waals surface area contributed by atoms with Crippen LogP contribution in [0, 0.1) is 16.7 Å². The van der Waals surface area contributed by atoms with Crippen LogP contribution in [-0.2, 0) is 51.7 Å². The quantitative estimate of drug-likeness (QED) is 0.0317. The highest BCUT2D eigenvalue weighted by molar-refractivity contribution is 6.74. The molecule has 0 radical (unpaired) electrons. The largest absolute Gasteiger partial charge is 0.474 e. The Hall–Kier alpha value is -5.44. The van der Waals surface area contributed by atoms with Crippen molar-refractivity contribution in [2.75, 3.05) is 6.61 Å². The molecule has 4 aliphatic rings. The number of carbonyl (C=O) groups excluding carboxylic acids is 5. The van der Waals surface area contributed by atoms with E-state index in [0.717, 1.165) is 0 Å². The van der Waals surface area contributed by atoms with Gasteiger partial charge in [0.25, 0.3) is 0 Å². The third-order valence-electron chi connectivity index (χ3n) is 18.4. The van der Waals surface area contributed by atoms with Gasteiger partial charge < -0.3 is 47.7 Å². The molecule has 3 fully saturated rings. The van der Waals surface area contributed by atoms with Crippen molar-refractivity contribution in [3.63, 3.8) is 0 Å². The number of carbonyl (C=O) groups is 5. The molecule has 3 aliphatic carbocycles. The minimum Gasteiger partial charge on any atom is -0.474 e. The maximum absolute atomic E-state index is 17.0. The third-order valence-corrected chi connectivity index (χ3v) is 27.7. The summed E-state index contributed by atoms with van der Waals surface area (Å²) in [6.45, 7) is 30.2. The van der Waals surface area contributed by atoms with Gasteiger partial charge in [0.2, 0.25) is 0 Å². The molecule has 3 aromatic rings. The predicted molar refractivity (Wildman–Crippen MR) is 309 cm³/mol. The van der Waals surface area contributed by atoms with Gasteiger partial charge in [0.05, 0.1) is 41.2 Å². The van der Waals surface area contributed by atoms with Crippen molar-refractivity contribution in [3.05, 3.63) is 131 Å². The van der Waals surface area contributed by atoms with Crippen molar-refractivity contribution in [3.8, 4) is 0 Å². The van der Waals surface area contributed by atoms with Gasteiger partial charge in [-0.15, -0.1) is 0 Å². The molecule has 17 heteroatoms. The summed E-state index contributed by atoms with van der Waals surface area (Å²) in [7, 11) is -5.40. The Labute approximate surface area is 476 Å². The monoisotopic (exact) mass is 1140 g/mol. The highest BCUT2D eigenvalue weighted by Crippen LogP contribution is 2.65. The summed E-state index contributed by atoms with van der Waals surface area (Å²) >= 11 is 0. The molecule has 2 bridgehead atoms. The average molecular weight is 1140 g/mol. The van der Waals surface area contributed by atoms with Crippen LogP contribution >= 0.6 is 0 Å². The molecule has 2 saturated carbocycles. The fourth-order valence-corrected chi connectivity index (χ4v) is 19.1. The second-order valence-electron chi connectivity index (χ2n) is 24.1. The Kier molecular flexibility index (Phi) is 18.8. The Morgan fingerprint density at radius 1 is 0.775 bits per heavy atom. The van der Waals surface area contributed by atoms with E-state index >= 15 is 14.4 Å². The van der Waals surface area contributed by atoms with E-state index in [1.807, 2.05) is 51.1 Å². The Bertz CT molecular complexity index is 2740. The molecule has 0 amide bonds. The highest BCUT2D eigenvalue weighted by atomic mass is 28.4. The van der Waals surface area contributed by atoms with Crippen LogP contribution in [0.5, 0.6) is 0 Å². The lowest BCUT2D eigenvalue weighted by molar-refractivity contribution is -0.344. The molecule has 7 rings (SSSR count). The minimum absolute atomic E-state index is 0.0862. The Morgan fingerprint density at radius 2 is 1.29 bits per heavy atom. The van der Waals surface area contributed by atoms with Crippen LogP contribution in [0.4, 0.5) is 0 Å². The van der Waals surface area contributed by atoms with E-state index in [2.05, 4.69) is 53.4 Å². The molecule has 1 heterocycles. The first-order valence-electron chi connectivity index (χ1n) is 28.8. The van der Waals surface area contributed by atoms with Gasteiger partial charge in [0.15, 0.2) is 46.1 Å². The molecule has 436 valence electrons. The van der Waals surface area contributed by atoms with Gasteiger partial charge in [-0.1, -0.05) is 122 Å². The normalized spacial score (nSPS) is 28.0. The highest BCUT2D eigenvalue weighted by Gasteiger charge is 2.79. The molecule has 2 N–H and O–H groups in total. The first kappa shape index (κ1) is 62.2. The number of ether oxygens (including phenoxy) is 6. The van der Waals surface area contributed by atoms with E-state index in [-0.39, 0.29) is 35.6 Å². The van der Waals surface area contributed by atoms with E-state index in [1.54, 1.807) is 88.4 Å². The number of Topliss-reactive ketones (excluding diaryl/α,β-unsaturated/α-hetero) is 1. The fraction of sp³-hybridized carbons (Fsp3) is 0.571. The van der Waals surface area contributed by atoms with Gasteiger partial charge in [0, 0.05) is 25.2 Å². The first-order valence-corrected chi connectivity index (χ1v) is 33.8. The summed E-state index contributed by atoms with van der Waals surface area (Å²) in [4.78, 5) is 76.5. The van der Waals surface area contributed by atoms with E-state index in [0.29, 0.717) is 47.4 Å². The SMILES string of the molecule is C=C(N[C@@H](c1ccccc1)[C@@H](O[Si](CC)(CC)CC)C(=O)O[C@H]1C[C@@]2(O)[C@@H](OC(=O)c3ccccc3)C3[C@](C)(C(=O)[C@H](OC(=O)c4ccccc4)C(=C1C)C2(C)C)[C@@H](O[Si](CC)(CC)CC)C[C@H]1OC[C@@]31OC(C)=O)OC(C)(C)C. The maximum Gasteiger partial charge on any atom is 0.339 e. The van der Waals surface area contributed by atoms with Crippen molar-refractivity contribution in [2.45, 2.75) is 206 Å². The predicted octanol–water partition coefficient (Wildman–Crippen LogP) is 11.5. The van der Waals surface area contributed by atoms with Crippen LogP contribution < -0.4 is 5.32 Å². The number of rotatable bonds is 22. The topological polar surface area (TPSA) is 191 Å². The maximum atomic E-state index is 17.0. The lowest BCUT2D eigenvalue weighted by atomic mass is 9.44. The zero-order valence-electron chi connectivity index (χ0n) is 49.6. The molecule has 1 saturated heterocycles. The van der Waals surface area contributed by atoms with Crippen molar-refractivity contribution in [1.82, 2.24) is 5.32 Å². The lowest BCUT2D eigenvalue weighted by Crippen LogP contribution is -2.82. The van der Waals surface area contributed by atoms with Crippen LogP contribution in [0.15, 0.2) is 115 Å². The molecule has 80 heavy (non-hydrogen) atoms. The molecule has 1 unspecified atom stereocenters. The van der Waals surface area contributed by atoms with Gasteiger partial charge in [-0.3, -0.25) is 9.59 Å². The average Bonchev–Trinajstić information content (AvgIpc) is 1.96. The number of hydrogen-bond acceptors (Lipinski definition) is 15. The first-order chi connectivity index (χ1) is 37.7. The van der Waals surface area contributed by atoms with Crippen LogP contribution in [0.1, 0.15) is 142 Å². The van der Waals surface area contributed by atoms with Crippen molar-refractivity contribution in [2.24, 2.45) is 16.7 Å². The number of fused-ring (bicyclic) bond motifs is 5. The minimum atomic E-state index is -2.71. The van der Waals surface area contributed by atoms with E-state index in [4.69, 9.17) is 37.3 Å². The molecule has 1 aliphatic heterocycles. The number of benzene rings is 3. The molecular weight excluding hydrogens is 1050 g/mol. The number of esters is 4. The summed E-state index contributed by atoms with van der Waals surface area (Å²) in [5.74, 6) is -5.01. The van der Waals surface area contributed by atoms with Crippen LogP contribution in [-0.4, -0.2) is 111 Å². The van der Waals surface area contributed by atoms with Crippen LogP contribution in [0.3, 0.4) is 0 Å². The van der Waals surface area contributed by atoms with Gasteiger partial charge in [-0.25, -0.2) is 14.4 Å². The van der Waals surface area contributed by atoms with E-state index in [9.17, 15) is 14.7 Å². The summed E-state index contributed by atoms with van der Waals surface area (Å²) in [6.07, 6.45) is -8.42. The molecular formula is C63H87NO14Si2. The number of nitrogens with one attached hydrogen (secondary N) is 1. The summed E-state index contributed by atoms with van der Waals surface area (Å²) in [5, 5.41) is 18.0. The van der Waals surface area contributed by atoms with Crippen molar-refractivity contribution >= 4 is 46.3 Å². The smallest absolute Gasteiger partial charge is 0.339 e. The lowest BCUT2D eigenvalue weighted by Gasteiger charge is -2.68. The van der Waals surface area contributed by atoms with E-state index in [1.165, 1.54) is 6.92 Å². The summed E-state index contributed by atoms with van der Waals surface area (Å²) < 4.78 is 54.3. The van der Waals surface area contributed by atoms with Crippen molar-refractivity contribution < 1.29 is 66.4 Å². The fourth-order valence-electron chi connectivity index (χ4n) is 13.3. The van der Waals surface area contributed by atoms with Crippen LogP contribution in [0.2, 0.25) is 36.3 Å². The zero-order valence-corrected chi connectivity index (χ0v) is 51.6. The Morgan fingerprint density at radius 3 is 1.76 bits per heavy atom. The summed E-state index contributed by atoms with van der Waals surface area (Å²) in [5.41, 5.74) is -6.73. The van der Waals surface area contributed by atoms with Crippen LogP contribution in [0.25, 0.3) is 0 Å². The van der Waals surface area contributed by atoms with Gasteiger partial charge >= 0.3 is 23.9 Å². The molecule has 0 aromatic heterocycles. The summed E-state index contributed by atoms with van der Waals surface area (Å²) in [6, 6.07) is 29.1. The standard InChI is InChI=1S/C63H87NO14Si2/c1-16-79(17-2,18-3)77-47-37-48-62(39-71-48,76-42(9)65)53-55(74-57(68)45-35-29-24-30-36-45)63(70)38-46(40(7)49(60(63,13)14)51(54(66)61(47,53)15)73-56(67)44-33-27-23-28-34-44)72-58(69)52(78-80(19-4,20-5)21-6)50(43-31-25-22-26-32-43)64-41(8)75-59(10,11)12/h22-36,46-48,50-53,55,64,70H,8,16-21,37-39H2,1-7,9-15H3/t46-,47-,48+,50-,51+,52+,53?,55-,61+,62-,63+/m0/s1. The molecule has 0 spiro atoms. The van der Waals surface area contributed by atoms with E-state index < -0.39 is 129 Å². The second kappa shape index (κ2) is 24.2. The number of ketones is 1. The van der Waals surface area contributed by atoms with Gasteiger partial charge in [0.1, 0.15) is 29.5 Å².